The van der Waals surface area contributed by atoms with Crippen LogP contribution >= 0.6 is 0 Å². The Labute approximate surface area is 152 Å². The second-order valence-electron chi connectivity index (χ2n) is 6.24. The van der Waals surface area contributed by atoms with Gasteiger partial charge in [0.25, 0.3) is 0 Å². The molecule has 0 aromatic carbocycles. The first kappa shape index (κ1) is 25.3. The van der Waals surface area contributed by atoms with Crippen LogP contribution in [0.2, 0.25) is 0 Å². The lowest BCUT2D eigenvalue weighted by molar-refractivity contribution is 0.346. The number of likely N-dealkylation sites (N-methyl/N-ethyl adjacent to an activating group) is 1. The molecule has 24 heavy (non-hydrogen) atoms. The minimum Gasteiger partial charge on any atom is -0.296 e. The first-order chi connectivity index (χ1) is 11.4. The highest BCUT2D eigenvalue weighted by atomic mass is 15.1. The fourth-order valence-corrected chi connectivity index (χ4v) is 3.14. The molecule has 142 valence electrons. The van der Waals surface area contributed by atoms with Crippen LogP contribution in [0.25, 0.3) is 0 Å². The molecular formula is C21H43N3. The molecule has 0 bridgehead atoms. The number of hydrogen-bond acceptors (Lipinski definition) is 2. The van der Waals surface area contributed by atoms with Crippen LogP contribution in [-0.4, -0.2) is 37.1 Å². The highest BCUT2D eigenvalue weighted by molar-refractivity contribution is 5.88. The van der Waals surface area contributed by atoms with E-state index < -0.39 is 0 Å². The van der Waals surface area contributed by atoms with E-state index in [-0.39, 0.29) is 0 Å². The Kier molecular flexibility index (Phi) is 16.4. The van der Waals surface area contributed by atoms with Gasteiger partial charge in [0.05, 0.1) is 6.54 Å². The molecular weight excluding hydrogens is 294 g/mol. The van der Waals surface area contributed by atoms with E-state index in [2.05, 4.69) is 65.1 Å². The maximum Gasteiger partial charge on any atom is 0.141 e. The summed E-state index contributed by atoms with van der Waals surface area (Å²) in [5, 5.41) is 0. The van der Waals surface area contributed by atoms with Crippen molar-refractivity contribution < 1.29 is 0 Å². The third-order valence-corrected chi connectivity index (χ3v) is 4.35. The molecule has 0 fully saturated rings. The fourth-order valence-electron chi connectivity index (χ4n) is 3.14. The summed E-state index contributed by atoms with van der Waals surface area (Å²) in [5.74, 6) is 2.00. The zero-order chi connectivity index (χ0) is 19.1. The van der Waals surface area contributed by atoms with Gasteiger partial charge in [-0.2, -0.15) is 0 Å². The number of allylic oxidation sites excluding steroid dienone is 2. The lowest BCUT2D eigenvalue weighted by atomic mass is 9.84. The third-order valence-electron chi connectivity index (χ3n) is 4.35. The second kappa shape index (κ2) is 15.6. The molecule has 0 spiro atoms. The molecule has 1 unspecified atom stereocenters. The van der Waals surface area contributed by atoms with Gasteiger partial charge in [0.15, 0.2) is 0 Å². The number of rotatable bonds is 10. The summed E-state index contributed by atoms with van der Waals surface area (Å²) < 4.78 is 0. The predicted molar refractivity (Wildman–Crippen MR) is 112 cm³/mol. The van der Waals surface area contributed by atoms with Crippen molar-refractivity contribution in [2.24, 2.45) is 21.8 Å². The number of aliphatic imine (C=N–C) groups is 2. The number of amidine groups is 1. The van der Waals surface area contributed by atoms with Crippen molar-refractivity contribution in [1.29, 1.82) is 0 Å². The van der Waals surface area contributed by atoms with Crippen LogP contribution in [-0.2, 0) is 0 Å². The quantitative estimate of drug-likeness (QED) is 0.344. The van der Waals surface area contributed by atoms with Crippen molar-refractivity contribution in [3.63, 3.8) is 0 Å². The van der Waals surface area contributed by atoms with Crippen LogP contribution in [0.3, 0.4) is 0 Å². The van der Waals surface area contributed by atoms with E-state index in [1.54, 1.807) is 0 Å². The van der Waals surface area contributed by atoms with E-state index in [0.717, 1.165) is 31.2 Å². The highest BCUT2D eigenvalue weighted by Crippen LogP contribution is 2.30. The van der Waals surface area contributed by atoms with Gasteiger partial charge in [0.2, 0.25) is 0 Å². The molecule has 0 heterocycles. The van der Waals surface area contributed by atoms with Crippen LogP contribution in [0, 0.1) is 11.8 Å². The van der Waals surface area contributed by atoms with Crippen molar-refractivity contribution in [3.05, 3.63) is 11.3 Å². The molecule has 0 aliphatic rings. The molecule has 0 radical (unpaired) electrons. The molecule has 0 amide bonds. The Morgan fingerprint density at radius 3 is 1.92 bits per heavy atom. The van der Waals surface area contributed by atoms with Gasteiger partial charge >= 0.3 is 0 Å². The SMILES string of the molecule is C=NC(CN(CC)CC)=N/C(C)=C(/C(C)C)C(CC)CCC.CC. The summed E-state index contributed by atoms with van der Waals surface area (Å²) in [4.78, 5) is 11.3. The minimum atomic E-state index is 0.528. The molecule has 0 aromatic rings. The maximum absolute atomic E-state index is 4.83. The van der Waals surface area contributed by atoms with Crippen LogP contribution in [0.15, 0.2) is 21.3 Å². The van der Waals surface area contributed by atoms with Crippen molar-refractivity contribution in [2.75, 3.05) is 19.6 Å². The largest absolute Gasteiger partial charge is 0.296 e. The van der Waals surface area contributed by atoms with E-state index in [4.69, 9.17) is 4.99 Å². The van der Waals surface area contributed by atoms with E-state index in [9.17, 15) is 0 Å². The average Bonchev–Trinajstić information content (AvgIpc) is 2.59. The summed E-state index contributed by atoms with van der Waals surface area (Å²) in [7, 11) is 0. The lowest BCUT2D eigenvalue weighted by Gasteiger charge is -2.24. The molecule has 3 heteroatoms. The fraction of sp³-hybridized carbons (Fsp3) is 0.810. The zero-order valence-corrected chi connectivity index (χ0v) is 17.9. The van der Waals surface area contributed by atoms with Gasteiger partial charge in [-0.15, -0.1) is 0 Å². The Bertz CT molecular complexity index is 377. The Balaban J connectivity index is 0. The summed E-state index contributed by atoms with van der Waals surface area (Å²) in [6, 6.07) is 0. The molecule has 0 N–H and O–H groups in total. The van der Waals surface area contributed by atoms with Crippen LogP contribution < -0.4 is 0 Å². The third kappa shape index (κ3) is 9.36. The standard InChI is InChI=1S/C19H37N3.C2H6/c1-9-13-17(10-2)19(15(5)6)16(7)21-18(20-8)14-22(11-3)12-4;1-2/h15,17H,8-14H2,1-7H3;1-2H3/b19-16-,21-18?;. The molecule has 0 aromatic heterocycles. The molecule has 0 aliphatic carbocycles. The van der Waals surface area contributed by atoms with E-state index in [1.807, 2.05) is 13.8 Å². The number of nitrogens with zero attached hydrogens (tertiary/aromatic N) is 3. The predicted octanol–water partition coefficient (Wildman–Crippen LogP) is 6.21. The van der Waals surface area contributed by atoms with Crippen molar-refractivity contribution in [1.82, 2.24) is 4.90 Å². The van der Waals surface area contributed by atoms with E-state index >= 15 is 0 Å². The Morgan fingerprint density at radius 1 is 1.04 bits per heavy atom. The first-order valence-electron chi connectivity index (χ1n) is 9.92. The molecule has 0 rings (SSSR count). The summed E-state index contributed by atoms with van der Waals surface area (Å²) in [5.41, 5.74) is 2.63. The Morgan fingerprint density at radius 2 is 1.58 bits per heavy atom. The van der Waals surface area contributed by atoms with Gasteiger partial charge in [0.1, 0.15) is 5.84 Å². The molecule has 0 aliphatic heterocycles. The second-order valence-corrected chi connectivity index (χ2v) is 6.24. The van der Waals surface area contributed by atoms with Gasteiger partial charge in [0, 0.05) is 5.70 Å². The van der Waals surface area contributed by atoms with Crippen LogP contribution in [0.4, 0.5) is 0 Å². The summed E-state index contributed by atoms with van der Waals surface area (Å²) in [6.45, 7) is 26.1. The highest BCUT2D eigenvalue weighted by Gasteiger charge is 2.18. The monoisotopic (exact) mass is 337 g/mol. The maximum atomic E-state index is 4.83. The first-order valence-corrected chi connectivity index (χ1v) is 9.92. The normalized spacial score (nSPS) is 14.2. The zero-order valence-electron chi connectivity index (χ0n) is 17.9. The van der Waals surface area contributed by atoms with Gasteiger partial charge in [-0.05, 0) is 57.0 Å². The molecule has 1 atom stereocenters. The van der Waals surface area contributed by atoms with E-state index in [0.29, 0.717) is 11.8 Å². The van der Waals surface area contributed by atoms with Gasteiger partial charge in [-0.1, -0.05) is 61.8 Å². The molecule has 0 saturated heterocycles. The molecule has 3 nitrogen and oxygen atoms in total. The minimum absolute atomic E-state index is 0.528. The Hall–Kier alpha value is -0.960. The van der Waals surface area contributed by atoms with Gasteiger partial charge < -0.3 is 0 Å². The molecule has 0 saturated carbocycles. The number of hydrogen-bond donors (Lipinski definition) is 0. The van der Waals surface area contributed by atoms with Crippen LogP contribution in [0.5, 0.6) is 0 Å². The summed E-state index contributed by atoms with van der Waals surface area (Å²) >= 11 is 0. The average molecular weight is 338 g/mol. The smallest absolute Gasteiger partial charge is 0.141 e. The lowest BCUT2D eigenvalue weighted by Crippen LogP contribution is -2.28. The van der Waals surface area contributed by atoms with Crippen molar-refractivity contribution in [2.45, 2.75) is 81.6 Å². The van der Waals surface area contributed by atoms with Crippen molar-refractivity contribution in [3.8, 4) is 0 Å². The van der Waals surface area contributed by atoms with Crippen LogP contribution in [0.1, 0.15) is 81.6 Å². The van der Waals surface area contributed by atoms with Crippen molar-refractivity contribution >= 4 is 12.6 Å². The topological polar surface area (TPSA) is 28.0 Å². The summed E-state index contributed by atoms with van der Waals surface area (Å²) in [6.07, 6.45) is 3.64. The van der Waals surface area contributed by atoms with Gasteiger partial charge in [-0.3, -0.25) is 4.90 Å². The van der Waals surface area contributed by atoms with E-state index in [1.165, 1.54) is 24.8 Å². The van der Waals surface area contributed by atoms with Gasteiger partial charge in [-0.25, -0.2) is 9.98 Å².